The molecule has 0 aliphatic rings. The smallest absolute Gasteiger partial charge is 0.263 e. The normalized spacial score (nSPS) is 11.1. The van der Waals surface area contributed by atoms with E-state index >= 15 is 0 Å². The van der Waals surface area contributed by atoms with Crippen molar-refractivity contribution in [3.8, 4) is 22.3 Å². The van der Waals surface area contributed by atoms with Crippen molar-refractivity contribution in [1.82, 2.24) is 9.55 Å². The fourth-order valence-corrected chi connectivity index (χ4v) is 4.84. The van der Waals surface area contributed by atoms with Gasteiger partial charge in [-0.15, -0.1) is 11.3 Å². The Labute approximate surface area is 195 Å². The largest absolute Gasteiger partial charge is 0.292 e. The summed E-state index contributed by atoms with van der Waals surface area (Å²) in [6, 6.07) is 25.7. The van der Waals surface area contributed by atoms with Crippen LogP contribution >= 0.6 is 11.3 Å². The molecule has 0 aliphatic heterocycles. The Morgan fingerprint density at radius 1 is 0.879 bits per heavy atom. The highest BCUT2D eigenvalue weighted by Crippen LogP contribution is 2.31. The van der Waals surface area contributed by atoms with Crippen molar-refractivity contribution in [2.75, 3.05) is 0 Å². The summed E-state index contributed by atoms with van der Waals surface area (Å²) in [7, 11) is 0. The van der Waals surface area contributed by atoms with Crippen LogP contribution in [0.2, 0.25) is 0 Å². The maximum atomic E-state index is 13.3. The quantitative estimate of drug-likeness (QED) is 0.288. The van der Waals surface area contributed by atoms with Gasteiger partial charge in [0.25, 0.3) is 5.56 Å². The Morgan fingerprint density at radius 3 is 2.24 bits per heavy atom. The molecule has 0 atom stereocenters. The average molecular weight is 451 g/mol. The van der Waals surface area contributed by atoms with Crippen molar-refractivity contribution in [1.29, 1.82) is 0 Å². The van der Waals surface area contributed by atoms with Crippen LogP contribution in [0.1, 0.15) is 22.8 Å². The Hall–Kier alpha value is -3.83. The highest BCUT2D eigenvalue weighted by Gasteiger charge is 2.15. The number of Topliss-reactive ketones (excluding diaryl/α,β-unsaturated/α-hetero) is 1. The summed E-state index contributed by atoms with van der Waals surface area (Å²) < 4.78 is 1.41. The van der Waals surface area contributed by atoms with Gasteiger partial charge in [0.2, 0.25) is 0 Å². The van der Waals surface area contributed by atoms with Gasteiger partial charge in [-0.2, -0.15) is 0 Å². The topological polar surface area (TPSA) is 52.0 Å². The Kier molecular flexibility index (Phi) is 5.71. The average Bonchev–Trinajstić information content (AvgIpc) is 3.31. The van der Waals surface area contributed by atoms with Gasteiger partial charge in [-0.1, -0.05) is 85.8 Å². The molecule has 0 unspecified atom stereocenters. The fourth-order valence-electron chi connectivity index (χ4n) is 3.94. The third kappa shape index (κ3) is 4.15. The molecule has 2 heterocycles. The van der Waals surface area contributed by atoms with E-state index in [1.54, 1.807) is 0 Å². The summed E-state index contributed by atoms with van der Waals surface area (Å²) >= 11 is 1.45. The lowest BCUT2D eigenvalue weighted by molar-refractivity contribution is 0.0970. The maximum Gasteiger partial charge on any atom is 0.263 e. The second-order valence-corrected chi connectivity index (χ2v) is 8.78. The van der Waals surface area contributed by atoms with Crippen LogP contribution in [0.4, 0.5) is 0 Å². The second-order valence-electron chi connectivity index (χ2n) is 7.92. The van der Waals surface area contributed by atoms with Crippen LogP contribution in [0.25, 0.3) is 32.5 Å². The molecular weight excluding hydrogens is 428 g/mol. The van der Waals surface area contributed by atoms with E-state index in [4.69, 9.17) is 0 Å². The van der Waals surface area contributed by atoms with E-state index in [0.717, 1.165) is 28.7 Å². The van der Waals surface area contributed by atoms with Crippen LogP contribution in [-0.4, -0.2) is 15.3 Å². The molecule has 0 amide bonds. The summed E-state index contributed by atoms with van der Waals surface area (Å²) in [6.45, 7) is 2.07. The lowest BCUT2D eigenvalue weighted by Gasteiger charge is -2.07. The summed E-state index contributed by atoms with van der Waals surface area (Å²) in [5, 5.41) is 2.54. The van der Waals surface area contributed by atoms with E-state index in [0.29, 0.717) is 15.8 Å². The number of benzene rings is 3. The summed E-state index contributed by atoms with van der Waals surface area (Å²) in [6.07, 6.45) is 2.44. The molecule has 0 fully saturated rings. The molecule has 3 aromatic carbocycles. The lowest BCUT2D eigenvalue weighted by atomic mass is 10.0. The van der Waals surface area contributed by atoms with Crippen LogP contribution in [0.15, 0.2) is 95.4 Å². The molecule has 0 aliphatic carbocycles. The van der Waals surface area contributed by atoms with Gasteiger partial charge in [-0.3, -0.25) is 14.2 Å². The van der Waals surface area contributed by atoms with Gasteiger partial charge in [0.15, 0.2) is 5.78 Å². The minimum Gasteiger partial charge on any atom is -0.292 e. The van der Waals surface area contributed by atoms with Crippen molar-refractivity contribution in [3.05, 3.63) is 112 Å². The molecule has 0 spiro atoms. The minimum atomic E-state index is -0.190. The van der Waals surface area contributed by atoms with Crippen molar-refractivity contribution in [2.24, 2.45) is 0 Å². The Morgan fingerprint density at radius 2 is 1.55 bits per heavy atom. The van der Waals surface area contributed by atoms with Gasteiger partial charge in [-0.05, 0) is 28.7 Å². The number of carbonyl (C=O) groups is 1. The van der Waals surface area contributed by atoms with Crippen LogP contribution < -0.4 is 5.56 Å². The first-order chi connectivity index (χ1) is 16.1. The van der Waals surface area contributed by atoms with E-state index in [1.807, 2.05) is 72.1 Å². The number of carbonyl (C=O) groups excluding carboxylic acids is 1. The van der Waals surface area contributed by atoms with Crippen LogP contribution in [0.3, 0.4) is 0 Å². The Balaban J connectivity index is 1.43. The molecule has 5 aromatic rings. The number of thiophene rings is 1. The van der Waals surface area contributed by atoms with Gasteiger partial charge < -0.3 is 0 Å². The SMILES string of the molecule is CCc1ccc(-c2csc3ncn(CC(=O)c4ccc(-c5ccccc5)cc4)c(=O)c23)cc1. The molecule has 0 bridgehead atoms. The van der Waals surface area contributed by atoms with E-state index in [9.17, 15) is 9.59 Å². The zero-order chi connectivity index (χ0) is 22.8. The molecule has 5 rings (SSSR count). The highest BCUT2D eigenvalue weighted by atomic mass is 32.1. The van der Waals surface area contributed by atoms with E-state index in [-0.39, 0.29) is 17.9 Å². The second kappa shape index (κ2) is 8.96. The Bertz CT molecular complexity index is 1480. The molecule has 4 nitrogen and oxygen atoms in total. The number of aromatic nitrogens is 2. The van der Waals surface area contributed by atoms with Crippen LogP contribution in [-0.2, 0) is 13.0 Å². The number of rotatable bonds is 6. The zero-order valence-corrected chi connectivity index (χ0v) is 19.0. The zero-order valence-electron chi connectivity index (χ0n) is 18.2. The third-order valence-electron chi connectivity index (χ3n) is 5.86. The summed E-state index contributed by atoms with van der Waals surface area (Å²) in [5.74, 6) is -0.123. The highest BCUT2D eigenvalue weighted by molar-refractivity contribution is 7.17. The van der Waals surface area contributed by atoms with Crippen molar-refractivity contribution in [3.63, 3.8) is 0 Å². The van der Waals surface area contributed by atoms with Gasteiger partial charge in [0.1, 0.15) is 4.83 Å². The third-order valence-corrected chi connectivity index (χ3v) is 6.75. The van der Waals surface area contributed by atoms with Gasteiger partial charge in [0.05, 0.1) is 18.3 Å². The minimum absolute atomic E-state index is 0.0451. The number of fused-ring (bicyclic) bond motifs is 1. The first-order valence-electron chi connectivity index (χ1n) is 10.9. The van der Waals surface area contributed by atoms with Gasteiger partial charge in [0, 0.05) is 16.5 Å². The maximum absolute atomic E-state index is 13.3. The van der Waals surface area contributed by atoms with E-state index in [1.165, 1.54) is 27.8 Å². The lowest BCUT2D eigenvalue weighted by Crippen LogP contribution is -2.24. The number of hydrogen-bond acceptors (Lipinski definition) is 4. The van der Waals surface area contributed by atoms with Crippen LogP contribution in [0.5, 0.6) is 0 Å². The van der Waals surface area contributed by atoms with Gasteiger partial charge in [-0.25, -0.2) is 4.98 Å². The molecular formula is C28H22N2O2S. The molecule has 2 aromatic heterocycles. The predicted molar refractivity (Wildman–Crippen MR) is 135 cm³/mol. The van der Waals surface area contributed by atoms with Crippen molar-refractivity contribution in [2.45, 2.75) is 19.9 Å². The summed E-state index contributed by atoms with van der Waals surface area (Å²) in [5.41, 5.74) is 5.62. The molecule has 0 saturated heterocycles. The fraction of sp³-hybridized carbons (Fsp3) is 0.107. The number of ketones is 1. The monoisotopic (exact) mass is 450 g/mol. The van der Waals surface area contributed by atoms with E-state index < -0.39 is 0 Å². The van der Waals surface area contributed by atoms with E-state index in [2.05, 4.69) is 24.0 Å². The molecule has 33 heavy (non-hydrogen) atoms. The molecule has 0 saturated carbocycles. The standard InChI is InChI=1S/C28H22N2O2S/c1-2-19-8-10-22(11-9-19)24-17-33-27-26(24)28(32)30(18-29-27)16-25(31)23-14-12-21(13-15-23)20-6-4-3-5-7-20/h3-15,17-18H,2,16H2,1H3. The van der Waals surface area contributed by atoms with Crippen molar-refractivity contribution >= 4 is 27.3 Å². The number of nitrogens with zero attached hydrogens (tertiary/aromatic N) is 2. The number of hydrogen-bond donors (Lipinski definition) is 0. The molecule has 0 radical (unpaired) electrons. The van der Waals surface area contributed by atoms with Gasteiger partial charge >= 0.3 is 0 Å². The first kappa shape index (κ1) is 21.0. The molecule has 5 heteroatoms. The number of aryl methyl sites for hydroxylation is 1. The predicted octanol–water partition coefficient (Wildman–Crippen LogP) is 6.24. The van der Waals surface area contributed by atoms with Crippen molar-refractivity contribution < 1.29 is 4.79 Å². The summed E-state index contributed by atoms with van der Waals surface area (Å²) in [4.78, 5) is 31.4. The molecule has 0 N–H and O–H groups in total. The molecule has 162 valence electrons. The van der Waals surface area contributed by atoms with Crippen LogP contribution in [0, 0.1) is 0 Å². The first-order valence-corrected chi connectivity index (χ1v) is 11.8.